The molecule has 2 aromatic heterocycles. The molecular formula is C22H24N4O3. The van der Waals surface area contributed by atoms with E-state index < -0.39 is 5.91 Å². The summed E-state index contributed by atoms with van der Waals surface area (Å²) >= 11 is 0. The fraction of sp³-hybridized carbons (Fsp3) is 0.318. The van der Waals surface area contributed by atoms with Gasteiger partial charge in [0.2, 0.25) is 0 Å². The Hall–Kier alpha value is -3.19. The van der Waals surface area contributed by atoms with Gasteiger partial charge in [0.05, 0.1) is 13.2 Å². The zero-order chi connectivity index (χ0) is 20.2. The number of carbonyl (C=O) groups excluding carboxylic acids is 1. The molecule has 150 valence electrons. The molecule has 29 heavy (non-hydrogen) atoms. The Kier molecular flexibility index (Phi) is 5.57. The number of rotatable bonds is 6. The molecule has 0 spiro atoms. The molecule has 1 aliphatic rings. The Morgan fingerprint density at radius 1 is 1.21 bits per heavy atom. The fourth-order valence-electron chi connectivity index (χ4n) is 3.83. The van der Waals surface area contributed by atoms with Gasteiger partial charge in [0.1, 0.15) is 17.0 Å². The number of carbonyl (C=O) groups is 1. The van der Waals surface area contributed by atoms with Gasteiger partial charge in [0.25, 0.3) is 11.5 Å². The van der Waals surface area contributed by atoms with E-state index >= 15 is 0 Å². The van der Waals surface area contributed by atoms with Gasteiger partial charge in [-0.1, -0.05) is 18.2 Å². The van der Waals surface area contributed by atoms with Gasteiger partial charge in [-0.25, -0.2) is 4.98 Å². The number of amides is 1. The smallest absolute Gasteiger partial charge is 0.270 e. The minimum absolute atomic E-state index is 0.0210. The third kappa shape index (κ3) is 4.00. The first kappa shape index (κ1) is 19.1. The molecule has 1 unspecified atom stereocenters. The monoisotopic (exact) mass is 392 g/mol. The van der Waals surface area contributed by atoms with Crippen LogP contribution in [0.5, 0.6) is 5.75 Å². The van der Waals surface area contributed by atoms with Crippen LogP contribution >= 0.6 is 0 Å². The molecule has 1 saturated heterocycles. The highest BCUT2D eigenvalue weighted by atomic mass is 16.5. The van der Waals surface area contributed by atoms with Crippen molar-refractivity contribution < 1.29 is 9.53 Å². The van der Waals surface area contributed by atoms with Crippen LogP contribution in [0.15, 0.2) is 59.7 Å². The number of ether oxygens (including phenoxy) is 1. The van der Waals surface area contributed by atoms with E-state index in [0.717, 1.165) is 37.2 Å². The van der Waals surface area contributed by atoms with Crippen molar-refractivity contribution in [2.45, 2.75) is 18.9 Å². The Bertz CT molecular complexity index is 1070. The van der Waals surface area contributed by atoms with Gasteiger partial charge in [0.15, 0.2) is 0 Å². The molecule has 4 rings (SSSR count). The number of nitrogens with one attached hydrogen (secondary N) is 1. The maximum Gasteiger partial charge on any atom is 0.270 e. The van der Waals surface area contributed by atoms with E-state index in [2.05, 4.69) is 15.2 Å². The lowest BCUT2D eigenvalue weighted by atomic mass is 10.0. The summed E-state index contributed by atoms with van der Waals surface area (Å²) in [7, 11) is 1.64. The standard InChI is InChI=1S/C22H24N4O3/c1-29-17-8-6-7-16(13-17)19(25-10-4-5-11-25)15-24-21(27)18-14-23-20-9-2-3-12-26(20)22(18)28/h2-3,6-9,12-14,19H,4-5,10-11,15H2,1H3,(H,24,27). The third-order valence-electron chi connectivity index (χ3n) is 5.37. The van der Waals surface area contributed by atoms with E-state index in [4.69, 9.17) is 4.74 Å². The highest BCUT2D eigenvalue weighted by Gasteiger charge is 2.25. The highest BCUT2D eigenvalue weighted by molar-refractivity contribution is 5.93. The molecule has 1 fully saturated rings. The van der Waals surface area contributed by atoms with E-state index in [1.807, 2.05) is 24.3 Å². The van der Waals surface area contributed by atoms with E-state index in [9.17, 15) is 9.59 Å². The molecule has 1 amide bonds. The number of hydrogen-bond donors (Lipinski definition) is 1. The van der Waals surface area contributed by atoms with Crippen molar-refractivity contribution in [1.82, 2.24) is 19.6 Å². The molecule has 0 aliphatic carbocycles. The molecule has 0 saturated carbocycles. The summed E-state index contributed by atoms with van der Waals surface area (Å²) in [5.41, 5.74) is 1.27. The Labute approximate surface area is 168 Å². The number of benzene rings is 1. The van der Waals surface area contributed by atoms with Crippen LogP contribution in [0.3, 0.4) is 0 Å². The molecule has 7 heteroatoms. The zero-order valence-corrected chi connectivity index (χ0v) is 16.4. The summed E-state index contributed by atoms with van der Waals surface area (Å²) in [6.45, 7) is 2.37. The molecule has 1 N–H and O–H groups in total. The van der Waals surface area contributed by atoms with Crippen molar-refractivity contribution in [2.24, 2.45) is 0 Å². The van der Waals surface area contributed by atoms with Crippen molar-refractivity contribution in [3.05, 3.63) is 76.3 Å². The minimum Gasteiger partial charge on any atom is -0.497 e. The van der Waals surface area contributed by atoms with Gasteiger partial charge >= 0.3 is 0 Å². The lowest BCUT2D eigenvalue weighted by Crippen LogP contribution is -2.38. The number of likely N-dealkylation sites (tertiary alicyclic amines) is 1. The van der Waals surface area contributed by atoms with Gasteiger partial charge in [-0.15, -0.1) is 0 Å². The lowest BCUT2D eigenvalue weighted by molar-refractivity contribution is 0.0936. The fourth-order valence-corrected chi connectivity index (χ4v) is 3.83. The molecule has 1 aliphatic heterocycles. The average Bonchev–Trinajstić information content (AvgIpc) is 3.29. The van der Waals surface area contributed by atoms with E-state index in [1.165, 1.54) is 10.6 Å². The molecule has 3 aromatic rings. The van der Waals surface area contributed by atoms with Crippen molar-refractivity contribution in [2.75, 3.05) is 26.7 Å². The normalized spacial score (nSPS) is 15.3. The third-order valence-corrected chi connectivity index (χ3v) is 5.37. The van der Waals surface area contributed by atoms with Crippen molar-refractivity contribution in [3.63, 3.8) is 0 Å². The summed E-state index contributed by atoms with van der Waals surface area (Å²) in [5, 5.41) is 2.94. The van der Waals surface area contributed by atoms with Gasteiger partial charge in [-0.05, 0) is 55.8 Å². The van der Waals surface area contributed by atoms with E-state index in [1.54, 1.807) is 31.5 Å². The van der Waals surface area contributed by atoms with Crippen LogP contribution in [0, 0.1) is 0 Å². The molecule has 3 heterocycles. The average molecular weight is 392 g/mol. The van der Waals surface area contributed by atoms with E-state index in [-0.39, 0.29) is 17.2 Å². The number of methoxy groups -OCH3 is 1. The first-order valence-corrected chi connectivity index (χ1v) is 9.80. The van der Waals surface area contributed by atoms with Gasteiger partial charge < -0.3 is 10.1 Å². The minimum atomic E-state index is -0.409. The quantitative estimate of drug-likeness (QED) is 0.697. The summed E-state index contributed by atoms with van der Waals surface area (Å²) in [6.07, 6.45) is 5.25. The summed E-state index contributed by atoms with van der Waals surface area (Å²) in [6, 6.07) is 13.2. The van der Waals surface area contributed by atoms with Crippen LogP contribution in [-0.4, -0.2) is 46.9 Å². The lowest BCUT2D eigenvalue weighted by Gasteiger charge is -2.28. The number of aromatic nitrogens is 2. The SMILES string of the molecule is COc1cccc(C(CNC(=O)c2cnc3ccccn3c2=O)N2CCCC2)c1. The topological polar surface area (TPSA) is 75.9 Å². The second kappa shape index (κ2) is 8.45. The Morgan fingerprint density at radius 2 is 2.03 bits per heavy atom. The largest absolute Gasteiger partial charge is 0.497 e. The maximum atomic E-state index is 12.8. The van der Waals surface area contributed by atoms with Crippen molar-refractivity contribution in [1.29, 1.82) is 0 Å². The second-order valence-corrected chi connectivity index (χ2v) is 7.15. The van der Waals surface area contributed by atoms with E-state index in [0.29, 0.717) is 12.2 Å². The Balaban J connectivity index is 1.56. The molecule has 0 bridgehead atoms. The zero-order valence-electron chi connectivity index (χ0n) is 16.4. The van der Waals surface area contributed by atoms with Crippen molar-refractivity contribution >= 4 is 11.6 Å². The number of hydrogen-bond acceptors (Lipinski definition) is 5. The molecule has 1 aromatic carbocycles. The molecular weight excluding hydrogens is 368 g/mol. The number of nitrogens with zero attached hydrogens (tertiary/aromatic N) is 3. The summed E-state index contributed by atoms with van der Waals surface area (Å²) in [4.78, 5) is 32.0. The van der Waals surface area contributed by atoms with Crippen LogP contribution in [0.1, 0.15) is 34.8 Å². The first-order valence-electron chi connectivity index (χ1n) is 9.80. The van der Waals surface area contributed by atoms with Crippen LogP contribution in [0.2, 0.25) is 0 Å². The molecule has 7 nitrogen and oxygen atoms in total. The summed E-state index contributed by atoms with van der Waals surface area (Å²) in [5.74, 6) is 0.378. The second-order valence-electron chi connectivity index (χ2n) is 7.15. The van der Waals surface area contributed by atoms with Gasteiger partial charge in [-0.2, -0.15) is 0 Å². The Morgan fingerprint density at radius 3 is 2.83 bits per heavy atom. The van der Waals surface area contributed by atoms with Gasteiger partial charge in [0, 0.05) is 18.9 Å². The summed E-state index contributed by atoms with van der Waals surface area (Å²) < 4.78 is 6.74. The van der Waals surface area contributed by atoms with Crippen LogP contribution in [0.25, 0.3) is 5.65 Å². The van der Waals surface area contributed by atoms with Crippen LogP contribution < -0.4 is 15.6 Å². The number of fused-ring (bicyclic) bond motifs is 1. The van der Waals surface area contributed by atoms with Crippen molar-refractivity contribution in [3.8, 4) is 5.75 Å². The predicted octanol–water partition coefficient (Wildman–Crippen LogP) is 2.27. The maximum absolute atomic E-state index is 12.8. The predicted molar refractivity (Wildman–Crippen MR) is 110 cm³/mol. The number of pyridine rings is 1. The molecule has 0 radical (unpaired) electrons. The van der Waals surface area contributed by atoms with Gasteiger partial charge in [-0.3, -0.25) is 18.9 Å². The first-order chi connectivity index (χ1) is 14.2. The molecule has 1 atom stereocenters. The van der Waals surface area contributed by atoms with Crippen LogP contribution in [-0.2, 0) is 0 Å². The highest BCUT2D eigenvalue weighted by Crippen LogP contribution is 2.27. The van der Waals surface area contributed by atoms with Crippen LogP contribution in [0.4, 0.5) is 0 Å².